The molecule has 0 aromatic carbocycles. The maximum atomic E-state index is 13.0. The molecule has 0 aromatic rings. The molecule has 6 atom stereocenters. The van der Waals surface area contributed by atoms with Gasteiger partial charge in [0.05, 0.1) is 26.4 Å². The number of ether oxygens (including phenoxy) is 4. The number of phosphoric acid groups is 2. The molecule has 0 saturated heterocycles. The number of esters is 4. The van der Waals surface area contributed by atoms with Crippen molar-refractivity contribution < 1.29 is 80.2 Å². The van der Waals surface area contributed by atoms with Gasteiger partial charge in [0, 0.05) is 25.7 Å². The first-order chi connectivity index (χ1) is 43.4. The molecule has 3 unspecified atom stereocenters. The molecule has 19 heteroatoms. The van der Waals surface area contributed by atoms with Crippen LogP contribution in [0.1, 0.15) is 363 Å². The highest BCUT2D eigenvalue weighted by atomic mass is 31.2. The molecule has 0 aromatic heterocycles. The first-order valence-corrected chi connectivity index (χ1v) is 40.0. The lowest BCUT2D eigenvalue weighted by Gasteiger charge is -2.21. The van der Waals surface area contributed by atoms with E-state index in [-0.39, 0.29) is 25.7 Å². The minimum absolute atomic E-state index is 0.104. The molecular weight excluding hydrogens is 1190 g/mol. The van der Waals surface area contributed by atoms with E-state index in [4.69, 9.17) is 37.0 Å². The minimum Gasteiger partial charge on any atom is -0.462 e. The highest BCUT2D eigenvalue weighted by Gasteiger charge is 2.30. The maximum absolute atomic E-state index is 13.0. The molecular formula is C71H138O17P2. The van der Waals surface area contributed by atoms with Crippen LogP contribution in [0.4, 0.5) is 0 Å². The minimum atomic E-state index is -4.95. The van der Waals surface area contributed by atoms with E-state index in [0.717, 1.165) is 108 Å². The van der Waals surface area contributed by atoms with E-state index in [1.165, 1.54) is 173 Å². The fourth-order valence-electron chi connectivity index (χ4n) is 10.7. The number of carbonyl (C=O) groups is 4. The molecule has 0 spiro atoms. The zero-order valence-electron chi connectivity index (χ0n) is 58.4. The van der Waals surface area contributed by atoms with Crippen LogP contribution in [0.3, 0.4) is 0 Å². The van der Waals surface area contributed by atoms with Gasteiger partial charge in [0.1, 0.15) is 19.3 Å². The maximum Gasteiger partial charge on any atom is 0.472 e. The molecule has 0 rings (SSSR count). The summed E-state index contributed by atoms with van der Waals surface area (Å²) < 4.78 is 68.1. The van der Waals surface area contributed by atoms with Crippen molar-refractivity contribution in [3.8, 4) is 0 Å². The van der Waals surface area contributed by atoms with Crippen molar-refractivity contribution in [2.75, 3.05) is 39.6 Å². The molecule has 534 valence electrons. The van der Waals surface area contributed by atoms with Crippen LogP contribution in [0, 0.1) is 11.8 Å². The van der Waals surface area contributed by atoms with Gasteiger partial charge in [0.25, 0.3) is 0 Å². The Morgan fingerprint density at radius 2 is 0.567 bits per heavy atom. The van der Waals surface area contributed by atoms with E-state index in [9.17, 15) is 43.2 Å². The average molecular weight is 1330 g/mol. The van der Waals surface area contributed by atoms with Crippen molar-refractivity contribution in [2.45, 2.75) is 381 Å². The lowest BCUT2D eigenvalue weighted by Crippen LogP contribution is -2.30. The summed E-state index contributed by atoms with van der Waals surface area (Å²) in [5, 5.41) is 10.6. The van der Waals surface area contributed by atoms with Crippen molar-refractivity contribution in [3.05, 3.63) is 0 Å². The quantitative estimate of drug-likeness (QED) is 0.0222. The summed E-state index contributed by atoms with van der Waals surface area (Å²) in [6.07, 6.45) is 49.0. The first-order valence-electron chi connectivity index (χ1n) is 37.0. The topological polar surface area (TPSA) is 237 Å². The van der Waals surface area contributed by atoms with E-state index >= 15 is 0 Å². The normalized spacial score (nSPS) is 14.4. The van der Waals surface area contributed by atoms with Crippen molar-refractivity contribution in [3.63, 3.8) is 0 Å². The van der Waals surface area contributed by atoms with Gasteiger partial charge in [-0.2, -0.15) is 0 Å². The Morgan fingerprint density at radius 1 is 0.322 bits per heavy atom. The van der Waals surface area contributed by atoms with E-state index in [1.54, 1.807) is 0 Å². The number of aliphatic hydroxyl groups is 1. The number of aliphatic hydroxyl groups excluding tert-OH is 1. The van der Waals surface area contributed by atoms with E-state index in [0.29, 0.717) is 25.7 Å². The van der Waals surface area contributed by atoms with Crippen molar-refractivity contribution in [2.24, 2.45) is 11.8 Å². The summed E-state index contributed by atoms with van der Waals surface area (Å²) >= 11 is 0. The molecule has 0 radical (unpaired) electrons. The Morgan fingerprint density at radius 3 is 0.844 bits per heavy atom. The number of unbranched alkanes of at least 4 members (excludes halogenated alkanes) is 39. The first kappa shape index (κ1) is 88.1. The number of hydrogen-bond acceptors (Lipinski definition) is 15. The van der Waals surface area contributed by atoms with Gasteiger partial charge >= 0.3 is 39.5 Å². The second-order valence-corrected chi connectivity index (χ2v) is 29.3. The summed E-state index contributed by atoms with van der Waals surface area (Å²) in [6.45, 7) is 9.45. The van der Waals surface area contributed by atoms with Crippen molar-refractivity contribution in [1.82, 2.24) is 0 Å². The number of hydrogen-bond donors (Lipinski definition) is 3. The summed E-state index contributed by atoms with van der Waals surface area (Å²) in [5.41, 5.74) is 0. The highest BCUT2D eigenvalue weighted by molar-refractivity contribution is 7.47. The smallest absolute Gasteiger partial charge is 0.462 e. The zero-order chi connectivity index (χ0) is 66.5. The van der Waals surface area contributed by atoms with Crippen LogP contribution >= 0.6 is 15.6 Å². The molecule has 0 aliphatic rings. The van der Waals surface area contributed by atoms with Gasteiger partial charge in [-0.3, -0.25) is 37.3 Å². The van der Waals surface area contributed by atoms with Crippen LogP contribution in [0.2, 0.25) is 0 Å². The Balaban J connectivity index is 5.13. The standard InChI is InChI=1S/C71H138O17P2/c1-7-10-12-14-15-16-17-18-19-20-21-22-23-24-25-26-31-37-43-49-55-70(75)88-67(60-82-69(74)54-48-42-36-30-28-27-29-34-40-45-51-63(4)5)62-86-90(79,80)84-58-65(72)57-83-89(77,78)85-61-66(59-81-68(73)53-47-39-13-11-8-2)87-71(76)56-50-44-38-33-32-35-41-46-52-64(6)9-3/h63-67,72H,7-62H2,1-6H3,(H,77,78)(H,79,80)/t64?,65-,66+,67+/m0/s1. The molecule has 0 aliphatic carbocycles. The second kappa shape index (κ2) is 63.1. The van der Waals surface area contributed by atoms with Gasteiger partial charge in [-0.15, -0.1) is 0 Å². The molecule has 0 saturated carbocycles. The Bertz CT molecular complexity index is 1750. The lowest BCUT2D eigenvalue weighted by atomic mass is 9.99. The summed E-state index contributed by atoms with van der Waals surface area (Å²) in [4.78, 5) is 72.3. The number of phosphoric ester groups is 2. The monoisotopic (exact) mass is 1320 g/mol. The van der Waals surface area contributed by atoms with Crippen LogP contribution in [0.15, 0.2) is 0 Å². The molecule has 0 heterocycles. The van der Waals surface area contributed by atoms with Crippen LogP contribution in [-0.2, 0) is 65.4 Å². The van der Waals surface area contributed by atoms with Gasteiger partial charge < -0.3 is 33.8 Å². The predicted octanol–water partition coefficient (Wildman–Crippen LogP) is 20.4. The molecule has 90 heavy (non-hydrogen) atoms. The third kappa shape index (κ3) is 63.5. The van der Waals surface area contributed by atoms with Gasteiger partial charge in [-0.25, -0.2) is 9.13 Å². The van der Waals surface area contributed by atoms with E-state index < -0.39 is 97.5 Å². The molecule has 0 bridgehead atoms. The molecule has 0 amide bonds. The Kier molecular flexibility index (Phi) is 61.8. The summed E-state index contributed by atoms with van der Waals surface area (Å²) in [6, 6.07) is 0. The van der Waals surface area contributed by atoms with Gasteiger partial charge in [-0.1, -0.05) is 311 Å². The third-order valence-electron chi connectivity index (χ3n) is 16.8. The average Bonchev–Trinajstić information content (AvgIpc) is 3.71. The fourth-order valence-corrected chi connectivity index (χ4v) is 12.3. The van der Waals surface area contributed by atoms with Gasteiger partial charge in [0.2, 0.25) is 0 Å². The number of carbonyl (C=O) groups excluding carboxylic acids is 4. The number of rotatable bonds is 70. The lowest BCUT2D eigenvalue weighted by molar-refractivity contribution is -0.161. The van der Waals surface area contributed by atoms with Crippen molar-refractivity contribution >= 4 is 39.5 Å². The predicted molar refractivity (Wildman–Crippen MR) is 363 cm³/mol. The molecule has 0 fully saturated rings. The third-order valence-corrected chi connectivity index (χ3v) is 18.7. The van der Waals surface area contributed by atoms with E-state index in [1.807, 2.05) is 0 Å². The van der Waals surface area contributed by atoms with E-state index in [2.05, 4.69) is 41.5 Å². The Hall–Kier alpha value is -1.94. The zero-order valence-corrected chi connectivity index (χ0v) is 60.2. The Labute approximate surface area is 549 Å². The fraction of sp³-hybridized carbons (Fsp3) is 0.944. The SMILES string of the molecule is CCCCCCCCCCCCCCCCCCCCCCC(=O)O[C@H](COC(=O)CCCCCCCCCCCCC(C)C)COP(=O)(O)OC[C@@H](O)COP(=O)(O)OC[C@@H](COC(=O)CCCCCCC)OC(=O)CCCCCCCCCCC(C)CC. The van der Waals surface area contributed by atoms with Crippen LogP contribution in [0.25, 0.3) is 0 Å². The molecule has 17 nitrogen and oxygen atoms in total. The molecule has 0 aliphatic heterocycles. The van der Waals surface area contributed by atoms with Gasteiger partial charge in [0.15, 0.2) is 12.2 Å². The largest absolute Gasteiger partial charge is 0.472 e. The van der Waals surface area contributed by atoms with Crippen LogP contribution in [0.5, 0.6) is 0 Å². The van der Waals surface area contributed by atoms with Crippen LogP contribution in [-0.4, -0.2) is 96.7 Å². The van der Waals surface area contributed by atoms with Crippen LogP contribution < -0.4 is 0 Å². The van der Waals surface area contributed by atoms with Crippen molar-refractivity contribution in [1.29, 1.82) is 0 Å². The molecule has 3 N–H and O–H groups in total. The highest BCUT2D eigenvalue weighted by Crippen LogP contribution is 2.45. The summed E-state index contributed by atoms with van der Waals surface area (Å²) in [7, 11) is -9.89. The second-order valence-electron chi connectivity index (χ2n) is 26.3. The van der Waals surface area contributed by atoms with Gasteiger partial charge in [-0.05, 0) is 37.5 Å². The summed E-state index contributed by atoms with van der Waals surface area (Å²) in [5.74, 6) is -0.608.